The van der Waals surface area contributed by atoms with Crippen molar-refractivity contribution in [2.75, 3.05) is 13.1 Å². The first kappa shape index (κ1) is 14.5. The van der Waals surface area contributed by atoms with Crippen LogP contribution in [0.3, 0.4) is 0 Å². The van der Waals surface area contributed by atoms with E-state index in [1.54, 1.807) is 6.20 Å². The number of benzene rings is 1. The van der Waals surface area contributed by atoms with Crippen LogP contribution < -0.4 is 5.43 Å². The van der Waals surface area contributed by atoms with Crippen molar-refractivity contribution in [2.45, 2.75) is 45.1 Å². The number of rotatable bonds is 1. The van der Waals surface area contributed by atoms with Crippen molar-refractivity contribution in [3.8, 4) is 0 Å². The normalized spacial score (nSPS) is 20.7. The highest BCUT2D eigenvalue weighted by molar-refractivity contribution is 5.98. The van der Waals surface area contributed by atoms with E-state index in [1.165, 1.54) is 18.4 Å². The average molecular weight is 310 g/mol. The molecule has 1 atom stereocenters. The van der Waals surface area contributed by atoms with Gasteiger partial charge in [0.2, 0.25) is 5.43 Å². The van der Waals surface area contributed by atoms with Crippen LogP contribution in [0.15, 0.2) is 29.2 Å². The zero-order valence-electron chi connectivity index (χ0n) is 13.5. The average Bonchev–Trinajstić information content (AvgIpc) is 2.75. The third-order valence-electron chi connectivity index (χ3n) is 5.25. The summed E-state index contributed by atoms with van der Waals surface area (Å²) in [6.07, 6.45) is 7.15. The van der Waals surface area contributed by atoms with E-state index in [9.17, 15) is 9.59 Å². The number of para-hydroxylation sites is 1. The highest BCUT2D eigenvalue weighted by Gasteiger charge is 2.26. The lowest BCUT2D eigenvalue weighted by Gasteiger charge is -2.21. The highest BCUT2D eigenvalue weighted by atomic mass is 16.2. The first-order valence-corrected chi connectivity index (χ1v) is 8.63. The van der Waals surface area contributed by atoms with Crippen molar-refractivity contribution in [1.29, 1.82) is 0 Å². The standard InChI is InChI=1S/C19H22N2O2/c1-13-11-14-7-6-8-15-17(14)21(13)12-16(18(15)22)19(23)20-9-4-2-3-5-10-20/h6-8,12-13H,2-5,9-11H2,1H3/t13-/m1/s1. The van der Waals surface area contributed by atoms with Gasteiger partial charge in [0.1, 0.15) is 5.56 Å². The van der Waals surface area contributed by atoms with Crippen LogP contribution in [-0.4, -0.2) is 28.5 Å². The molecule has 2 aromatic rings. The van der Waals surface area contributed by atoms with Crippen molar-refractivity contribution < 1.29 is 4.79 Å². The molecule has 1 saturated heterocycles. The minimum absolute atomic E-state index is 0.0907. The summed E-state index contributed by atoms with van der Waals surface area (Å²) in [6, 6.07) is 6.17. The second-order valence-corrected chi connectivity index (χ2v) is 6.85. The molecule has 4 nitrogen and oxygen atoms in total. The van der Waals surface area contributed by atoms with Crippen LogP contribution in [0.25, 0.3) is 10.9 Å². The van der Waals surface area contributed by atoms with Crippen molar-refractivity contribution in [1.82, 2.24) is 9.47 Å². The SMILES string of the molecule is C[C@@H]1Cc2cccc3c(=O)c(C(=O)N4CCCCCC4)cn1c23. The van der Waals surface area contributed by atoms with E-state index in [-0.39, 0.29) is 11.3 Å². The molecule has 0 spiro atoms. The zero-order valence-corrected chi connectivity index (χ0v) is 13.5. The van der Waals surface area contributed by atoms with Crippen molar-refractivity contribution in [2.24, 2.45) is 0 Å². The Bertz CT molecular complexity index is 829. The van der Waals surface area contributed by atoms with Gasteiger partial charge in [-0.3, -0.25) is 9.59 Å². The van der Waals surface area contributed by atoms with Crippen LogP contribution in [0.1, 0.15) is 54.6 Å². The van der Waals surface area contributed by atoms with E-state index in [0.29, 0.717) is 17.0 Å². The molecule has 0 saturated carbocycles. The summed E-state index contributed by atoms with van der Waals surface area (Å²) in [5, 5.41) is 0.688. The summed E-state index contributed by atoms with van der Waals surface area (Å²) < 4.78 is 2.12. The molecule has 1 fully saturated rings. The first-order chi connectivity index (χ1) is 11.2. The Morgan fingerprint density at radius 2 is 1.87 bits per heavy atom. The van der Waals surface area contributed by atoms with Gasteiger partial charge >= 0.3 is 0 Å². The summed E-state index contributed by atoms with van der Waals surface area (Å²) in [5.41, 5.74) is 2.45. The van der Waals surface area contributed by atoms with Gasteiger partial charge in [0.25, 0.3) is 5.91 Å². The molecule has 0 unspecified atom stereocenters. The fourth-order valence-electron chi connectivity index (χ4n) is 4.01. The Morgan fingerprint density at radius 3 is 2.61 bits per heavy atom. The van der Waals surface area contributed by atoms with Crippen LogP contribution in [0.5, 0.6) is 0 Å². The number of nitrogens with zero attached hydrogens (tertiary/aromatic N) is 2. The Kier molecular flexibility index (Phi) is 3.47. The Morgan fingerprint density at radius 1 is 1.13 bits per heavy atom. The zero-order chi connectivity index (χ0) is 16.0. The fraction of sp³-hybridized carbons (Fsp3) is 0.474. The maximum absolute atomic E-state index is 12.9. The molecular formula is C19H22N2O2. The smallest absolute Gasteiger partial charge is 0.259 e. The molecule has 1 aromatic heterocycles. The minimum atomic E-state index is -0.110. The van der Waals surface area contributed by atoms with Gasteiger partial charge in [0.05, 0.1) is 5.52 Å². The first-order valence-electron chi connectivity index (χ1n) is 8.63. The van der Waals surface area contributed by atoms with E-state index in [4.69, 9.17) is 0 Å². The van der Waals surface area contributed by atoms with E-state index in [0.717, 1.165) is 37.9 Å². The van der Waals surface area contributed by atoms with E-state index >= 15 is 0 Å². The van der Waals surface area contributed by atoms with Gasteiger partial charge in [-0.25, -0.2) is 0 Å². The van der Waals surface area contributed by atoms with Crippen LogP contribution in [0.4, 0.5) is 0 Å². The second kappa shape index (κ2) is 5.52. The molecule has 120 valence electrons. The van der Waals surface area contributed by atoms with Crippen LogP contribution >= 0.6 is 0 Å². The quantitative estimate of drug-likeness (QED) is 0.812. The second-order valence-electron chi connectivity index (χ2n) is 6.85. The van der Waals surface area contributed by atoms with Gasteiger partial charge in [0, 0.05) is 30.7 Å². The highest BCUT2D eigenvalue weighted by Crippen LogP contribution is 2.31. The monoisotopic (exact) mass is 310 g/mol. The maximum atomic E-state index is 12.9. The molecule has 0 aliphatic carbocycles. The number of amides is 1. The summed E-state index contributed by atoms with van der Waals surface area (Å²) in [4.78, 5) is 27.7. The van der Waals surface area contributed by atoms with E-state index < -0.39 is 0 Å². The minimum Gasteiger partial charge on any atom is -0.343 e. The molecule has 2 aliphatic rings. The molecule has 0 bridgehead atoms. The van der Waals surface area contributed by atoms with Gasteiger partial charge in [-0.2, -0.15) is 0 Å². The number of pyridine rings is 1. The molecule has 2 aliphatic heterocycles. The summed E-state index contributed by atoms with van der Waals surface area (Å²) in [5.74, 6) is -0.0907. The summed E-state index contributed by atoms with van der Waals surface area (Å²) in [6.45, 7) is 3.68. The molecule has 1 amide bonds. The lowest BCUT2D eigenvalue weighted by atomic mass is 10.1. The number of carbonyl (C=O) groups is 1. The van der Waals surface area contributed by atoms with Crippen molar-refractivity contribution in [3.05, 3.63) is 45.7 Å². The van der Waals surface area contributed by atoms with Crippen molar-refractivity contribution in [3.63, 3.8) is 0 Å². The number of likely N-dealkylation sites (tertiary alicyclic amines) is 1. The van der Waals surface area contributed by atoms with E-state index in [2.05, 4.69) is 17.6 Å². The third kappa shape index (κ3) is 2.28. The number of hydrogen-bond donors (Lipinski definition) is 0. The molecule has 0 N–H and O–H groups in total. The predicted octanol–water partition coefficient (Wildman–Crippen LogP) is 3.13. The molecule has 4 heteroatoms. The van der Waals surface area contributed by atoms with Crippen molar-refractivity contribution >= 4 is 16.8 Å². The maximum Gasteiger partial charge on any atom is 0.259 e. The summed E-state index contributed by atoms with van der Waals surface area (Å²) in [7, 11) is 0. The largest absolute Gasteiger partial charge is 0.343 e. The lowest BCUT2D eigenvalue weighted by Crippen LogP contribution is -2.35. The molecule has 1 aromatic carbocycles. The molecule has 23 heavy (non-hydrogen) atoms. The van der Waals surface area contributed by atoms with Gasteiger partial charge in [-0.15, -0.1) is 0 Å². The fourth-order valence-corrected chi connectivity index (χ4v) is 4.01. The molecular weight excluding hydrogens is 288 g/mol. The lowest BCUT2D eigenvalue weighted by molar-refractivity contribution is 0.0759. The Hall–Kier alpha value is -2.10. The van der Waals surface area contributed by atoms with Gasteiger partial charge < -0.3 is 9.47 Å². The molecule has 0 radical (unpaired) electrons. The Labute approximate surface area is 135 Å². The summed E-state index contributed by atoms with van der Waals surface area (Å²) >= 11 is 0. The van der Waals surface area contributed by atoms with Gasteiger partial charge in [-0.05, 0) is 37.8 Å². The molecule has 4 rings (SSSR count). The van der Waals surface area contributed by atoms with Gasteiger partial charge in [0.15, 0.2) is 0 Å². The third-order valence-corrected chi connectivity index (χ3v) is 5.25. The van der Waals surface area contributed by atoms with E-state index in [1.807, 2.05) is 17.0 Å². The number of hydrogen-bond acceptors (Lipinski definition) is 2. The van der Waals surface area contributed by atoms with Crippen LogP contribution in [-0.2, 0) is 6.42 Å². The number of aromatic nitrogens is 1. The Balaban J connectivity index is 1.84. The predicted molar refractivity (Wildman–Crippen MR) is 91.0 cm³/mol. The topological polar surface area (TPSA) is 42.3 Å². The molecule has 3 heterocycles. The number of carbonyl (C=O) groups excluding carboxylic acids is 1. The van der Waals surface area contributed by atoms with Crippen LogP contribution in [0.2, 0.25) is 0 Å². The van der Waals surface area contributed by atoms with Crippen LogP contribution in [0, 0.1) is 0 Å². The van der Waals surface area contributed by atoms with Gasteiger partial charge in [-0.1, -0.05) is 25.0 Å².